The summed E-state index contributed by atoms with van der Waals surface area (Å²) in [6.07, 6.45) is 4.44. The molecule has 5 nitrogen and oxygen atoms in total. The van der Waals surface area contributed by atoms with Gasteiger partial charge >= 0.3 is 0 Å². The van der Waals surface area contributed by atoms with Crippen molar-refractivity contribution in [2.24, 2.45) is 11.8 Å². The first-order valence-corrected chi connectivity index (χ1v) is 9.06. The Morgan fingerprint density at radius 2 is 2.04 bits per heavy atom. The highest BCUT2D eigenvalue weighted by atomic mass is 16.2. The molecule has 0 spiro atoms. The van der Waals surface area contributed by atoms with E-state index in [2.05, 4.69) is 17.2 Å². The summed E-state index contributed by atoms with van der Waals surface area (Å²) in [4.78, 5) is 31.1. The van der Waals surface area contributed by atoms with E-state index in [-0.39, 0.29) is 23.8 Å². The quantitative estimate of drug-likeness (QED) is 0.862. The zero-order valence-electron chi connectivity index (χ0n) is 15.5. The minimum Gasteiger partial charge on any atom is -0.332 e. The van der Waals surface area contributed by atoms with Gasteiger partial charge in [-0.2, -0.15) is 0 Å². The molecule has 0 radical (unpaired) electrons. The second-order valence-electron chi connectivity index (χ2n) is 7.28. The van der Waals surface area contributed by atoms with Crippen LogP contribution in [0.25, 0.3) is 0 Å². The molecule has 1 heterocycles. The van der Waals surface area contributed by atoms with Gasteiger partial charge in [-0.3, -0.25) is 14.6 Å². The Morgan fingerprint density at radius 3 is 2.65 bits per heavy atom. The number of anilines is 1. The highest BCUT2D eigenvalue weighted by Crippen LogP contribution is 2.38. The van der Waals surface area contributed by atoms with Crippen molar-refractivity contribution in [3.8, 4) is 0 Å². The van der Waals surface area contributed by atoms with Crippen molar-refractivity contribution >= 4 is 17.5 Å². The minimum atomic E-state index is -0.0558. The van der Waals surface area contributed by atoms with E-state index in [9.17, 15) is 9.59 Å². The molecule has 1 aliphatic carbocycles. The molecule has 0 saturated heterocycles. The summed E-state index contributed by atoms with van der Waals surface area (Å²) in [5.74, 6) is 0.542. The zero-order valence-corrected chi connectivity index (χ0v) is 15.5. The number of rotatable bonds is 6. The SMILES string of the molecule is CC(C)N(Cc1cccnc1)C(=O)c1cccc(NC(=O)[C@@H]2C[C@H]2C)c1. The lowest BCUT2D eigenvalue weighted by Gasteiger charge is -2.27. The van der Waals surface area contributed by atoms with E-state index in [1.807, 2.05) is 38.1 Å². The lowest BCUT2D eigenvalue weighted by atomic mass is 10.1. The summed E-state index contributed by atoms with van der Waals surface area (Å²) in [5, 5.41) is 2.93. The van der Waals surface area contributed by atoms with Crippen LogP contribution in [0.1, 0.15) is 43.1 Å². The number of amides is 2. The highest BCUT2D eigenvalue weighted by molar-refractivity contribution is 5.98. The van der Waals surface area contributed by atoms with E-state index in [1.165, 1.54) is 0 Å². The van der Waals surface area contributed by atoms with Crippen LogP contribution in [0.4, 0.5) is 5.69 Å². The molecule has 2 aromatic rings. The Kier molecular flexibility index (Phi) is 5.35. The molecule has 1 aliphatic rings. The normalized spacial score (nSPS) is 18.5. The summed E-state index contributed by atoms with van der Waals surface area (Å²) in [7, 11) is 0. The van der Waals surface area contributed by atoms with E-state index in [0.717, 1.165) is 12.0 Å². The Balaban J connectivity index is 1.74. The summed E-state index contributed by atoms with van der Waals surface area (Å²) >= 11 is 0. The Morgan fingerprint density at radius 1 is 1.27 bits per heavy atom. The van der Waals surface area contributed by atoms with Gasteiger partial charge in [0.2, 0.25) is 5.91 Å². The van der Waals surface area contributed by atoms with E-state index >= 15 is 0 Å². The lowest BCUT2D eigenvalue weighted by Crippen LogP contribution is -2.36. The average molecular weight is 351 g/mol. The molecule has 1 fully saturated rings. The molecule has 2 amide bonds. The third kappa shape index (κ3) is 4.28. The second-order valence-corrected chi connectivity index (χ2v) is 7.28. The molecule has 1 saturated carbocycles. The number of hydrogen-bond donors (Lipinski definition) is 1. The molecule has 0 aliphatic heterocycles. The maximum Gasteiger partial charge on any atom is 0.254 e. The fraction of sp³-hybridized carbons (Fsp3) is 0.381. The number of benzene rings is 1. The van der Waals surface area contributed by atoms with Crippen molar-refractivity contribution in [2.45, 2.75) is 39.8 Å². The first kappa shape index (κ1) is 18.1. The van der Waals surface area contributed by atoms with Crippen LogP contribution in [0, 0.1) is 11.8 Å². The third-order valence-electron chi connectivity index (χ3n) is 4.78. The third-order valence-corrected chi connectivity index (χ3v) is 4.78. The highest BCUT2D eigenvalue weighted by Gasteiger charge is 2.39. The van der Waals surface area contributed by atoms with Crippen LogP contribution in [-0.2, 0) is 11.3 Å². The van der Waals surface area contributed by atoms with Gasteiger partial charge < -0.3 is 10.2 Å². The van der Waals surface area contributed by atoms with Crippen molar-refractivity contribution in [2.75, 3.05) is 5.32 Å². The first-order chi connectivity index (χ1) is 12.5. The summed E-state index contributed by atoms with van der Waals surface area (Å²) in [5.41, 5.74) is 2.23. The smallest absolute Gasteiger partial charge is 0.254 e. The molecular weight excluding hydrogens is 326 g/mol. The fourth-order valence-electron chi connectivity index (χ4n) is 3.00. The van der Waals surface area contributed by atoms with Crippen LogP contribution >= 0.6 is 0 Å². The Labute approximate surface area is 154 Å². The number of aromatic nitrogens is 1. The predicted molar refractivity (Wildman–Crippen MR) is 102 cm³/mol. The maximum atomic E-state index is 13.0. The molecule has 0 bridgehead atoms. The van der Waals surface area contributed by atoms with Crippen molar-refractivity contribution in [1.29, 1.82) is 0 Å². The molecule has 5 heteroatoms. The molecule has 1 aromatic carbocycles. The molecule has 1 aromatic heterocycles. The molecule has 1 N–H and O–H groups in total. The molecule has 26 heavy (non-hydrogen) atoms. The van der Waals surface area contributed by atoms with Crippen LogP contribution in [-0.4, -0.2) is 27.7 Å². The predicted octanol–water partition coefficient (Wildman–Crippen LogP) is 3.73. The van der Waals surface area contributed by atoms with Gasteiger partial charge in [-0.1, -0.05) is 19.1 Å². The van der Waals surface area contributed by atoms with Crippen molar-refractivity contribution in [3.63, 3.8) is 0 Å². The average Bonchev–Trinajstić information content (AvgIpc) is 3.37. The summed E-state index contributed by atoms with van der Waals surface area (Å²) < 4.78 is 0. The molecular formula is C21H25N3O2. The van der Waals surface area contributed by atoms with Crippen LogP contribution < -0.4 is 5.32 Å². The number of carbonyl (C=O) groups excluding carboxylic acids is 2. The minimum absolute atomic E-state index is 0.0400. The Hall–Kier alpha value is -2.69. The topological polar surface area (TPSA) is 62.3 Å². The van der Waals surface area contributed by atoms with Gasteiger partial charge in [0.05, 0.1) is 0 Å². The summed E-state index contributed by atoms with van der Waals surface area (Å²) in [6.45, 7) is 6.56. The van der Waals surface area contributed by atoms with Crippen molar-refractivity contribution < 1.29 is 9.59 Å². The first-order valence-electron chi connectivity index (χ1n) is 9.06. The van der Waals surface area contributed by atoms with Crippen molar-refractivity contribution in [3.05, 3.63) is 59.9 Å². The van der Waals surface area contributed by atoms with Gasteiger partial charge in [0.25, 0.3) is 5.91 Å². The number of pyridine rings is 1. The van der Waals surface area contributed by atoms with Gasteiger partial charge in [-0.05, 0) is 56.0 Å². The molecule has 0 unspecified atom stereocenters. The van der Waals surface area contributed by atoms with Crippen LogP contribution in [0.2, 0.25) is 0 Å². The molecule has 2 atom stereocenters. The van der Waals surface area contributed by atoms with Gasteiger partial charge in [0, 0.05) is 42.1 Å². The number of hydrogen-bond acceptors (Lipinski definition) is 3. The van der Waals surface area contributed by atoms with E-state index < -0.39 is 0 Å². The maximum absolute atomic E-state index is 13.0. The largest absolute Gasteiger partial charge is 0.332 e. The van der Waals surface area contributed by atoms with Crippen LogP contribution in [0.15, 0.2) is 48.8 Å². The monoisotopic (exact) mass is 351 g/mol. The number of nitrogens with one attached hydrogen (secondary N) is 1. The van der Waals surface area contributed by atoms with E-state index in [0.29, 0.717) is 23.7 Å². The van der Waals surface area contributed by atoms with E-state index in [4.69, 9.17) is 0 Å². The fourth-order valence-corrected chi connectivity index (χ4v) is 3.00. The Bertz CT molecular complexity index is 789. The van der Waals surface area contributed by atoms with Gasteiger partial charge in [-0.15, -0.1) is 0 Å². The van der Waals surface area contributed by atoms with Crippen LogP contribution in [0.3, 0.4) is 0 Å². The summed E-state index contributed by atoms with van der Waals surface area (Å²) in [6, 6.07) is 11.1. The van der Waals surface area contributed by atoms with Gasteiger partial charge in [0.1, 0.15) is 0 Å². The standard InChI is InChI=1S/C21H25N3O2/c1-14(2)24(13-16-6-5-9-22-12-16)21(26)17-7-4-8-18(11-17)23-20(25)19-10-15(19)3/h4-9,11-12,14-15,19H,10,13H2,1-3H3,(H,23,25)/t15-,19-/m1/s1. The lowest BCUT2D eigenvalue weighted by molar-refractivity contribution is -0.117. The number of nitrogens with zero attached hydrogens (tertiary/aromatic N) is 2. The molecule has 3 rings (SSSR count). The van der Waals surface area contributed by atoms with Crippen molar-refractivity contribution in [1.82, 2.24) is 9.88 Å². The van der Waals surface area contributed by atoms with E-state index in [1.54, 1.807) is 29.4 Å². The number of carbonyl (C=O) groups is 2. The second kappa shape index (κ2) is 7.68. The van der Waals surface area contributed by atoms with Gasteiger partial charge in [-0.25, -0.2) is 0 Å². The zero-order chi connectivity index (χ0) is 18.7. The van der Waals surface area contributed by atoms with Crippen LogP contribution in [0.5, 0.6) is 0 Å². The molecule has 136 valence electrons. The van der Waals surface area contributed by atoms with Gasteiger partial charge in [0.15, 0.2) is 0 Å².